The summed E-state index contributed by atoms with van der Waals surface area (Å²) in [6.07, 6.45) is 39.7. The molecule has 0 aromatic rings. The fourth-order valence-corrected chi connectivity index (χ4v) is 5.28. The van der Waals surface area contributed by atoms with Crippen LogP contribution in [0, 0.1) is 0 Å². The van der Waals surface area contributed by atoms with E-state index in [4.69, 9.17) is 0 Å². The molecule has 240 valence electrons. The van der Waals surface area contributed by atoms with E-state index in [9.17, 15) is 19.8 Å². The molecule has 0 fully saturated rings. The molecule has 0 amide bonds. The van der Waals surface area contributed by atoms with Crippen molar-refractivity contribution in [2.75, 3.05) is 0 Å². The SMILES string of the molecule is CCCCCCCCCCCCCCCCCC(=O)[O-].CCCCCCCCCCCCCCCCCC(=O)[O-].[Ca+2].[Na+]. The topological polar surface area (TPSA) is 80.3 Å². The Balaban J connectivity index is -0.000000328. The molecule has 0 aromatic carbocycles. The van der Waals surface area contributed by atoms with Crippen molar-refractivity contribution in [3.8, 4) is 0 Å². The zero-order chi connectivity index (χ0) is 29.8. The maximum Gasteiger partial charge on any atom is 2.00 e. The number of rotatable bonds is 32. The van der Waals surface area contributed by atoms with Gasteiger partial charge >= 0.3 is 67.3 Å². The van der Waals surface area contributed by atoms with Crippen LogP contribution in [0.2, 0.25) is 0 Å². The van der Waals surface area contributed by atoms with E-state index in [0.29, 0.717) is 0 Å². The monoisotopic (exact) mass is 629 g/mol. The average molecular weight is 630 g/mol. The zero-order valence-electron chi connectivity index (χ0n) is 29.0. The van der Waals surface area contributed by atoms with Crippen molar-refractivity contribution < 1.29 is 49.4 Å². The largest absolute Gasteiger partial charge is 2.00 e. The summed E-state index contributed by atoms with van der Waals surface area (Å²) in [6, 6.07) is 0. The predicted molar refractivity (Wildman–Crippen MR) is 175 cm³/mol. The molecule has 42 heavy (non-hydrogen) atoms. The van der Waals surface area contributed by atoms with E-state index < -0.39 is 11.9 Å². The Morgan fingerprint density at radius 1 is 0.333 bits per heavy atom. The minimum atomic E-state index is -0.903. The summed E-state index contributed by atoms with van der Waals surface area (Å²) in [4.78, 5) is 20.4. The quantitative estimate of drug-likeness (QED) is 0.0619. The molecule has 0 saturated heterocycles. The summed E-state index contributed by atoms with van der Waals surface area (Å²) < 4.78 is 0. The molecule has 0 rings (SSSR count). The molecule has 0 aliphatic rings. The van der Waals surface area contributed by atoms with Crippen molar-refractivity contribution in [1.29, 1.82) is 0 Å². The second-order valence-electron chi connectivity index (χ2n) is 12.1. The van der Waals surface area contributed by atoms with Crippen LogP contribution in [0.5, 0.6) is 0 Å². The van der Waals surface area contributed by atoms with Gasteiger partial charge in [-0.2, -0.15) is 0 Å². The Bertz CT molecular complexity index is 461. The van der Waals surface area contributed by atoms with Crippen molar-refractivity contribution in [3.63, 3.8) is 0 Å². The van der Waals surface area contributed by atoms with Crippen LogP contribution in [0.15, 0.2) is 0 Å². The first-order valence-corrected chi connectivity index (χ1v) is 17.9. The van der Waals surface area contributed by atoms with Gasteiger partial charge in [-0.15, -0.1) is 0 Å². The molecular weight excluding hydrogens is 559 g/mol. The van der Waals surface area contributed by atoms with Crippen molar-refractivity contribution in [1.82, 2.24) is 0 Å². The Morgan fingerprint density at radius 2 is 0.476 bits per heavy atom. The minimum absolute atomic E-state index is 0. The van der Waals surface area contributed by atoms with E-state index in [0.717, 1.165) is 25.7 Å². The van der Waals surface area contributed by atoms with E-state index >= 15 is 0 Å². The first-order valence-electron chi connectivity index (χ1n) is 17.9. The van der Waals surface area contributed by atoms with Gasteiger partial charge < -0.3 is 19.8 Å². The van der Waals surface area contributed by atoms with E-state index in [-0.39, 0.29) is 80.1 Å². The molecule has 4 nitrogen and oxygen atoms in total. The van der Waals surface area contributed by atoms with Crippen LogP contribution in [0.1, 0.15) is 219 Å². The van der Waals surface area contributed by atoms with Gasteiger partial charge in [0.25, 0.3) is 0 Å². The summed E-state index contributed by atoms with van der Waals surface area (Å²) in [6.45, 7) is 4.53. The molecule has 0 bridgehead atoms. The molecule has 0 aromatic heterocycles. The number of hydrogen-bond donors (Lipinski definition) is 0. The van der Waals surface area contributed by atoms with Crippen molar-refractivity contribution in [3.05, 3.63) is 0 Å². The summed E-state index contributed by atoms with van der Waals surface area (Å²) in [7, 11) is 0. The number of hydrogen-bond acceptors (Lipinski definition) is 4. The van der Waals surface area contributed by atoms with Crippen LogP contribution in [0.25, 0.3) is 0 Å². The molecule has 0 N–H and O–H groups in total. The Morgan fingerprint density at radius 3 is 0.619 bits per heavy atom. The molecule has 0 heterocycles. The third kappa shape index (κ3) is 53.7. The maximum atomic E-state index is 10.2. The molecule has 0 atom stereocenters. The Labute approximate surface area is 315 Å². The van der Waals surface area contributed by atoms with Gasteiger partial charge in [-0.25, -0.2) is 0 Å². The second kappa shape index (κ2) is 46.6. The van der Waals surface area contributed by atoms with Crippen LogP contribution < -0.4 is 39.8 Å². The second-order valence-corrected chi connectivity index (χ2v) is 12.1. The standard InChI is InChI=1S/2C18H36O2.Ca.Na/c2*1-2-3-4-5-6-7-8-9-10-11-12-13-14-15-16-17-18(19)20;;/h2*2-17H2,1H3,(H,19,20);;/q;;+2;+1/p-2. The third-order valence-corrected chi connectivity index (χ3v) is 7.97. The first kappa shape index (κ1) is 50.1. The van der Waals surface area contributed by atoms with Crippen LogP contribution >= 0.6 is 0 Å². The molecular formula is C36H70CaNaO4+. The normalized spacial score (nSPS) is 10.3. The number of carboxylic acids is 2. The van der Waals surface area contributed by atoms with E-state index in [1.165, 1.54) is 167 Å². The summed E-state index contributed by atoms with van der Waals surface area (Å²) in [5, 5.41) is 20.4. The summed E-state index contributed by atoms with van der Waals surface area (Å²) in [5.74, 6) is -1.81. The molecule has 0 aliphatic carbocycles. The number of carbonyl (C=O) groups is 2. The zero-order valence-corrected chi connectivity index (χ0v) is 33.2. The summed E-state index contributed by atoms with van der Waals surface area (Å²) in [5.41, 5.74) is 0. The van der Waals surface area contributed by atoms with Gasteiger partial charge in [-0.1, -0.05) is 194 Å². The van der Waals surface area contributed by atoms with Gasteiger partial charge in [0.05, 0.1) is 0 Å². The van der Waals surface area contributed by atoms with Gasteiger partial charge in [0.1, 0.15) is 0 Å². The van der Waals surface area contributed by atoms with Gasteiger partial charge in [-0.3, -0.25) is 0 Å². The fourth-order valence-electron chi connectivity index (χ4n) is 5.28. The first-order chi connectivity index (χ1) is 19.5. The van der Waals surface area contributed by atoms with E-state index in [1.54, 1.807) is 0 Å². The number of carboxylic acid groups (broad SMARTS) is 2. The molecule has 0 unspecified atom stereocenters. The molecule has 0 spiro atoms. The van der Waals surface area contributed by atoms with Gasteiger partial charge in [0, 0.05) is 11.9 Å². The third-order valence-electron chi connectivity index (χ3n) is 7.97. The van der Waals surface area contributed by atoms with Crippen molar-refractivity contribution in [2.45, 2.75) is 219 Å². The van der Waals surface area contributed by atoms with Gasteiger partial charge in [0.15, 0.2) is 0 Å². The molecule has 0 radical (unpaired) electrons. The summed E-state index contributed by atoms with van der Waals surface area (Å²) >= 11 is 0. The smallest absolute Gasteiger partial charge is 0.550 e. The maximum absolute atomic E-state index is 10.2. The van der Waals surface area contributed by atoms with Crippen LogP contribution in [0.4, 0.5) is 0 Å². The van der Waals surface area contributed by atoms with Gasteiger partial charge in [0.2, 0.25) is 0 Å². The molecule has 0 saturated carbocycles. The van der Waals surface area contributed by atoms with Crippen molar-refractivity contribution >= 4 is 49.7 Å². The fraction of sp³-hybridized carbons (Fsp3) is 0.944. The van der Waals surface area contributed by atoms with E-state index in [2.05, 4.69) is 13.8 Å². The molecule has 0 aliphatic heterocycles. The van der Waals surface area contributed by atoms with Crippen LogP contribution in [-0.4, -0.2) is 49.7 Å². The number of unbranched alkanes of at least 4 members (excludes halogenated alkanes) is 28. The number of carbonyl (C=O) groups excluding carboxylic acids is 2. The molecule has 6 heteroatoms. The van der Waals surface area contributed by atoms with Crippen LogP contribution in [-0.2, 0) is 9.59 Å². The van der Waals surface area contributed by atoms with Gasteiger partial charge in [-0.05, 0) is 25.7 Å². The van der Waals surface area contributed by atoms with Crippen molar-refractivity contribution in [2.24, 2.45) is 0 Å². The van der Waals surface area contributed by atoms with E-state index in [1.807, 2.05) is 0 Å². The Hall–Kier alpha value is 1.20. The Kier molecular flexibility index (Phi) is 55.6. The number of aliphatic carboxylic acids is 2. The minimum Gasteiger partial charge on any atom is -0.550 e. The predicted octanol–water partition coefficient (Wildman–Crippen LogP) is 6.62. The average Bonchev–Trinajstić information content (AvgIpc) is 2.93. The van der Waals surface area contributed by atoms with Crippen LogP contribution in [0.3, 0.4) is 0 Å².